The molecule has 7 N–H and O–H groups in total. The molecule has 3 aliphatic rings. The number of carbonyl (C=O) groups excluding carboxylic acids is 3. The third kappa shape index (κ3) is 3.05. The number of primary amides is 1. The summed E-state index contributed by atoms with van der Waals surface area (Å²) in [6.07, 6.45) is 0.757. The zero-order valence-corrected chi connectivity index (χ0v) is 19.6. The molecule has 1 aromatic carbocycles. The van der Waals surface area contributed by atoms with Crippen LogP contribution >= 0.6 is 0 Å². The Hall–Kier alpha value is -3.98. The minimum absolute atomic E-state index is 0.133. The number of aliphatic hydroxyl groups is 4. The molecule has 0 bridgehead atoms. The van der Waals surface area contributed by atoms with Crippen LogP contribution in [-0.4, -0.2) is 79.7 Å². The normalized spacial score (nSPS) is 31.9. The van der Waals surface area contributed by atoms with Crippen LogP contribution in [0.3, 0.4) is 0 Å². The summed E-state index contributed by atoms with van der Waals surface area (Å²) in [5, 5.41) is 64.9. The molecule has 0 heterocycles. The molecule has 0 aliphatic heterocycles. The monoisotopic (exact) mass is 495 g/mol. The average Bonchev–Trinajstić information content (AvgIpc) is 2.80. The number of phenols is 1. The summed E-state index contributed by atoms with van der Waals surface area (Å²) in [6.45, 7) is 1.64. The van der Waals surface area contributed by atoms with Crippen LogP contribution in [0.1, 0.15) is 29.5 Å². The van der Waals surface area contributed by atoms with Gasteiger partial charge in [0.15, 0.2) is 11.4 Å². The first-order valence-electron chi connectivity index (χ1n) is 11.1. The predicted molar refractivity (Wildman–Crippen MR) is 125 cm³/mol. The highest BCUT2D eigenvalue weighted by Gasteiger charge is 2.68. The van der Waals surface area contributed by atoms with E-state index in [-0.39, 0.29) is 11.1 Å². The molecule has 3 aliphatic carbocycles. The first kappa shape index (κ1) is 25.1. The molecule has 6 unspecified atom stereocenters. The van der Waals surface area contributed by atoms with Gasteiger partial charge >= 0.3 is 0 Å². The van der Waals surface area contributed by atoms with Crippen molar-refractivity contribution in [3.05, 3.63) is 51.8 Å². The minimum atomic E-state index is -2.96. The fourth-order valence-corrected chi connectivity index (χ4v) is 5.89. The zero-order valence-electron chi connectivity index (χ0n) is 19.6. The SMILES string of the molecule is CC1c2ccc(/C=C/C#N)c(O)c2C(O)=C2C(=O)C3(O)C(O)=C(C(N)=O)C(=O)C(N(C)C)C3C(O)C21. The molecule has 0 spiro atoms. The minimum Gasteiger partial charge on any atom is -0.508 e. The standard InChI is InChI=1S/C25H25N3O8/c1-9-11-7-6-10(5-4-8-26)18(29)13(11)19(30)14-12(9)20(31)16-17(28(2)3)21(32)15(24(27)35)23(34)25(16,36)22(14)33/h4-7,9,12,16-17,20,29-31,34,36H,1-3H3,(H2,27,35)/b5-4+. The van der Waals surface area contributed by atoms with E-state index in [1.54, 1.807) is 19.1 Å². The van der Waals surface area contributed by atoms with Crippen LogP contribution in [0, 0.1) is 23.2 Å². The molecular weight excluding hydrogens is 470 g/mol. The summed E-state index contributed by atoms with van der Waals surface area (Å²) in [4.78, 5) is 40.3. The van der Waals surface area contributed by atoms with Gasteiger partial charge < -0.3 is 31.3 Å². The molecule has 188 valence electrons. The van der Waals surface area contributed by atoms with Gasteiger partial charge in [-0.2, -0.15) is 5.26 Å². The predicted octanol–water partition coefficient (Wildman–Crippen LogP) is 0.0326. The number of aromatic hydroxyl groups is 1. The summed E-state index contributed by atoms with van der Waals surface area (Å²) < 4.78 is 0. The highest BCUT2D eigenvalue weighted by Crippen LogP contribution is 2.56. The summed E-state index contributed by atoms with van der Waals surface area (Å²) in [6, 6.07) is 3.45. The number of nitriles is 1. The number of hydrogen-bond acceptors (Lipinski definition) is 10. The Morgan fingerprint density at radius 2 is 1.86 bits per heavy atom. The number of fused-ring (bicyclic) bond motifs is 3. The largest absolute Gasteiger partial charge is 0.508 e. The molecule has 36 heavy (non-hydrogen) atoms. The number of nitrogens with zero attached hydrogens (tertiary/aromatic N) is 2. The van der Waals surface area contributed by atoms with Gasteiger partial charge in [0, 0.05) is 23.1 Å². The molecule has 1 aromatic rings. The fraction of sp³-hybridized carbons (Fsp3) is 0.360. The van der Waals surface area contributed by atoms with E-state index in [1.165, 1.54) is 31.1 Å². The van der Waals surface area contributed by atoms with E-state index in [9.17, 15) is 39.9 Å². The quantitative estimate of drug-likeness (QED) is 0.245. The fourth-order valence-electron chi connectivity index (χ4n) is 5.89. The van der Waals surface area contributed by atoms with E-state index in [2.05, 4.69) is 0 Å². The van der Waals surface area contributed by atoms with Crippen LogP contribution in [0.4, 0.5) is 0 Å². The number of allylic oxidation sites excluding steroid dienone is 1. The Labute approximate surface area is 205 Å². The Kier molecular flexibility index (Phi) is 5.80. The van der Waals surface area contributed by atoms with E-state index in [4.69, 9.17) is 11.0 Å². The van der Waals surface area contributed by atoms with Crippen molar-refractivity contribution >= 4 is 29.3 Å². The molecule has 1 amide bonds. The molecular formula is C25H25N3O8. The van der Waals surface area contributed by atoms with Gasteiger partial charge in [0.1, 0.15) is 22.8 Å². The summed E-state index contributed by atoms with van der Waals surface area (Å²) >= 11 is 0. The number of rotatable bonds is 3. The van der Waals surface area contributed by atoms with Crippen molar-refractivity contribution in [2.45, 2.75) is 30.6 Å². The number of likely N-dealkylation sites (N-methyl/N-ethyl adjacent to an activating group) is 1. The van der Waals surface area contributed by atoms with E-state index < -0.39 is 81.4 Å². The van der Waals surface area contributed by atoms with Gasteiger partial charge in [0.2, 0.25) is 5.78 Å². The van der Waals surface area contributed by atoms with Gasteiger partial charge in [-0.1, -0.05) is 19.1 Å². The number of carbonyl (C=O) groups is 3. The molecule has 11 nitrogen and oxygen atoms in total. The second-order valence-corrected chi connectivity index (χ2v) is 9.48. The number of phenolic OH excluding ortho intramolecular Hbond substituents is 1. The Morgan fingerprint density at radius 1 is 1.22 bits per heavy atom. The second kappa shape index (κ2) is 8.30. The van der Waals surface area contributed by atoms with Crippen molar-refractivity contribution in [1.82, 2.24) is 4.90 Å². The van der Waals surface area contributed by atoms with Crippen molar-refractivity contribution in [1.29, 1.82) is 5.26 Å². The van der Waals surface area contributed by atoms with Crippen LogP contribution in [0.2, 0.25) is 0 Å². The van der Waals surface area contributed by atoms with Crippen molar-refractivity contribution < 1.29 is 39.9 Å². The zero-order chi connectivity index (χ0) is 26.9. The molecule has 0 radical (unpaired) electrons. The summed E-state index contributed by atoms with van der Waals surface area (Å²) in [5.41, 5.74) is 1.30. The maximum Gasteiger partial charge on any atom is 0.255 e. The van der Waals surface area contributed by atoms with E-state index in [0.717, 1.165) is 6.08 Å². The first-order chi connectivity index (χ1) is 16.8. The number of nitrogens with two attached hydrogens (primary N) is 1. The highest BCUT2D eigenvalue weighted by molar-refractivity contribution is 6.24. The summed E-state index contributed by atoms with van der Waals surface area (Å²) in [5.74, 6) is -9.46. The highest BCUT2D eigenvalue weighted by atomic mass is 16.4. The van der Waals surface area contributed by atoms with Gasteiger partial charge in [-0.25, -0.2) is 0 Å². The van der Waals surface area contributed by atoms with Gasteiger partial charge in [-0.15, -0.1) is 0 Å². The topological polar surface area (TPSA) is 205 Å². The van der Waals surface area contributed by atoms with Crippen LogP contribution in [0.5, 0.6) is 5.75 Å². The number of aliphatic hydroxyl groups excluding tert-OH is 3. The first-order valence-corrected chi connectivity index (χ1v) is 11.1. The summed E-state index contributed by atoms with van der Waals surface area (Å²) in [7, 11) is 2.88. The molecule has 11 heteroatoms. The van der Waals surface area contributed by atoms with Crippen molar-refractivity contribution in [3.63, 3.8) is 0 Å². The van der Waals surface area contributed by atoms with Gasteiger partial charge in [-0.3, -0.25) is 19.3 Å². The third-order valence-corrected chi connectivity index (χ3v) is 7.50. The van der Waals surface area contributed by atoms with E-state index in [0.29, 0.717) is 5.56 Å². The maximum atomic E-state index is 13.9. The lowest BCUT2D eigenvalue weighted by atomic mass is 9.54. The number of ketones is 2. The van der Waals surface area contributed by atoms with Crippen molar-refractivity contribution in [2.75, 3.05) is 14.1 Å². The number of hydrogen-bond donors (Lipinski definition) is 6. The molecule has 0 aromatic heterocycles. The average molecular weight is 495 g/mol. The van der Waals surface area contributed by atoms with Crippen molar-refractivity contribution in [2.24, 2.45) is 17.6 Å². The van der Waals surface area contributed by atoms with Crippen molar-refractivity contribution in [3.8, 4) is 11.8 Å². The number of benzene rings is 1. The molecule has 1 saturated carbocycles. The lowest BCUT2D eigenvalue weighted by Gasteiger charge is -2.53. The Balaban J connectivity index is 2.05. The lowest BCUT2D eigenvalue weighted by Crippen LogP contribution is -2.70. The van der Waals surface area contributed by atoms with E-state index >= 15 is 0 Å². The molecule has 4 rings (SSSR count). The Bertz CT molecular complexity index is 1350. The number of amides is 1. The van der Waals surface area contributed by atoms with Crippen LogP contribution < -0.4 is 5.73 Å². The Morgan fingerprint density at radius 3 is 2.42 bits per heavy atom. The smallest absolute Gasteiger partial charge is 0.255 e. The van der Waals surface area contributed by atoms with Gasteiger partial charge in [-0.05, 0) is 31.7 Å². The third-order valence-electron chi connectivity index (χ3n) is 7.50. The van der Waals surface area contributed by atoms with Crippen LogP contribution in [-0.2, 0) is 14.4 Å². The number of Topliss-reactive ketones (excluding diaryl/α,β-unsaturated/α-hetero) is 2. The van der Waals surface area contributed by atoms with E-state index in [1.807, 2.05) is 0 Å². The van der Waals surface area contributed by atoms with Gasteiger partial charge in [0.05, 0.1) is 29.7 Å². The second-order valence-electron chi connectivity index (χ2n) is 9.48. The molecule has 0 saturated heterocycles. The lowest BCUT2D eigenvalue weighted by molar-refractivity contribution is -0.169. The molecule has 6 atom stereocenters. The van der Waals surface area contributed by atoms with Crippen LogP contribution in [0.15, 0.2) is 35.1 Å². The maximum absolute atomic E-state index is 13.9. The van der Waals surface area contributed by atoms with Gasteiger partial charge in [0.25, 0.3) is 5.91 Å². The van der Waals surface area contributed by atoms with Crippen LogP contribution in [0.25, 0.3) is 11.8 Å². The molecule has 1 fully saturated rings.